The fourth-order valence-electron chi connectivity index (χ4n) is 0. The topological polar surface area (TPSA) is 46.2 Å². The molecule has 3 N–H and O–H groups in total. The molecule has 0 heterocycles. The van der Waals surface area contributed by atoms with E-state index in [9.17, 15) is 0 Å². The number of hydrogen-bond acceptors (Lipinski definition) is 2. The molecule has 0 saturated heterocycles. The van der Waals surface area contributed by atoms with Crippen molar-refractivity contribution in [3.8, 4) is 0 Å². The summed E-state index contributed by atoms with van der Waals surface area (Å²) in [6.07, 6.45) is 0. The van der Waals surface area contributed by atoms with Crippen LogP contribution in [0.25, 0.3) is 0 Å². The van der Waals surface area contributed by atoms with Crippen molar-refractivity contribution in [2.45, 2.75) is 0 Å². The monoisotopic (exact) mass is 83.0 g/mol. The maximum Gasteiger partial charge on any atom is 0.0906 e. The fourth-order valence-corrected chi connectivity index (χ4v) is 0. The largest absolute Gasteiger partial charge is 0.382 e. The SMILES string of the molecule is Cl.NCO. The lowest BCUT2D eigenvalue weighted by atomic mass is 11.4. The van der Waals surface area contributed by atoms with Gasteiger partial charge in [-0.2, -0.15) is 0 Å². The molecule has 0 aromatic heterocycles. The molecule has 0 aliphatic heterocycles. The van der Waals surface area contributed by atoms with E-state index in [1.54, 1.807) is 0 Å². The normalized spacial score (nSPS) is 4.50. The maximum absolute atomic E-state index is 7.35. The van der Waals surface area contributed by atoms with Gasteiger partial charge in [-0.25, -0.2) is 0 Å². The summed E-state index contributed by atoms with van der Waals surface area (Å²) in [7, 11) is 0. The average Bonchev–Trinajstić information content (AvgIpc) is 0.918. The van der Waals surface area contributed by atoms with Gasteiger partial charge in [-0.15, -0.1) is 12.4 Å². The smallest absolute Gasteiger partial charge is 0.0906 e. The molecule has 2 nitrogen and oxygen atoms in total. The highest BCUT2D eigenvalue weighted by molar-refractivity contribution is 5.85. The van der Waals surface area contributed by atoms with Crippen LogP contribution in [0.2, 0.25) is 0 Å². The second-order valence-electron chi connectivity index (χ2n) is 0.183. The lowest BCUT2D eigenvalue weighted by Crippen LogP contribution is -1.92. The molecule has 0 radical (unpaired) electrons. The molecule has 0 aromatic carbocycles. The van der Waals surface area contributed by atoms with E-state index in [1.807, 2.05) is 0 Å². The van der Waals surface area contributed by atoms with Gasteiger partial charge >= 0.3 is 0 Å². The molecule has 4 heavy (non-hydrogen) atoms. The van der Waals surface area contributed by atoms with Gasteiger partial charge in [-0.3, -0.25) is 0 Å². The third-order valence-electron chi connectivity index (χ3n) is 0. The molecule has 0 fully saturated rings. The van der Waals surface area contributed by atoms with Crippen molar-refractivity contribution in [1.82, 2.24) is 0 Å². The van der Waals surface area contributed by atoms with Crippen LogP contribution in [-0.4, -0.2) is 11.8 Å². The molecule has 0 unspecified atom stereocenters. The molecule has 3 heteroatoms. The summed E-state index contributed by atoms with van der Waals surface area (Å²) in [6, 6.07) is 0. The molecule has 0 amide bonds. The van der Waals surface area contributed by atoms with Gasteiger partial charge in [0.1, 0.15) is 0 Å². The van der Waals surface area contributed by atoms with E-state index >= 15 is 0 Å². The first-order valence-corrected chi connectivity index (χ1v) is 0.724. The standard InChI is InChI=1S/CH5NO.ClH/c2-1-3;/h3H,1-2H2;1H. The summed E-state index contributed by atoms with van der Waals surface area (Å²) < 4.78 is 0. The Morgan fingerprint density at radius 3 is 1.75 bits per heavy atom. The summed E-state index contributed by atoms with van der Waals surface area (Å²) in [5, 5.41) is 7.35. The molecule has 0 saturated carbocycles. The number of rotatable bonds is 0. The van der Waals surface area contributed by atoms with Crippen LogP contribution in [0.5, 0.6) is 0 Å². The molecule has 0 aliphatic carbocycles. The highest BCUT2D eigenvalue weighted by Crippen LogP contribution is 1.04. The highest BCUT2D eigenvalue weighted by atomic mass is 35.5. The first-order chi connectivity index (χ1) is 1.41. The summed E-state index contributed by atoms with van der Waals surface area (Å²) in [5.74, 6) is 0. The van der Waals surface area contributed by atoms with Crippen molar-refractivity contribution in [1.29, 1.82) is 0 Å². The lowest BCUT2D eigenvalue weighted by Gasteiger charge is -1.56. The second kappa shape index (κ2) is 10.7. The predicted molar refractivity (Wildman–Crippen MR) is 18.5 cm³/mol. The van der Waals surface area contributed by atoms with Crippen molar-refractivity contribution >= 4 is 12.4 Å². The van der Waals surface area contributed by atoms with E-state index < -0.39 is 0 Å². The van der Waals surface area contributed by atoms with Crippen LogP contribution in [0, 0.1) is 0 Å². The van der Waals surface area contributed by atoms with E-state index in [0.717, 1.165) is 0 Å². The zero-order valence-corrected chi connectivity index (χ0v) is 2.96. The Morgan fingerprint density at radius 2 is 1.75 bits per heavy atom. The number of hydrogen-bond donors (Lipinski definition) is 2. The van der Waals surface area contributed by atoms with E-state index in [0.29, 0.717) is 0 Å². The zero-order valence-electron chi connectivity index (χ0n) is 2.14. The maximum atomic E-state index is 7.35. The molecule has 0 atom stereocenters. The minimum atomic E-state index is -0.250. The van der Waals surface area contributed by atoms with Gasteiger partial charge in [-0.1, -0.05) is 0 Å². The highest BCUT2D eigenvalue weighted by Gasteiger charge is 1.30. The summed E-state index contributed by atoms with van der Waals surface area (Å²) in [6.45, 7) is -0.250. The fraction of sp³-hybridized carbons (Fsp3) is 1.00. The van der Waals surface area contributed by atoms with Gasteiger partial charge in [-0.05, 0) is 0 Å². The first-order valence-electron chi connectivity index (χ1n) is 0.724. The van der Waals surface area contributed by atoms with Crippen LogP contribution in [-0.2, 0) is 0 Å². The molecule has 0 aromatic rings. The lowest BCUT2D eigenvalue weighted by molar-refractivity contribution is 0.307. The van der Waals surface area contributed by atoms with Crippen molar-refractivity contribution in [2.24, 2.45) is 5.73 Å². The Morgan fingerprint density at radius 1 is 1.75 bits per heavy atom. The van der Waals surface area contributed by atoms with E-state index in [1.165, 1.54) is 0 Å². The number of halogens is 1. The van der Waals surface area contributed by atoms with Crippen LogP contribution in [0.4, 0.5) is 0 Å². The van der Waals surface area contributed by atoms with Crippen molar-refractivity contribution < 1.29 is 5.11 Å². The zero-order chi connectivity index (χ0) is 2.71. The Bertz CT molecular complexity index is 8.00. The predicted octanol–water partition coefficient (Wildman–Crippen LogP) is -0.683. The summed E-state index contributed by atoms with van der Waals surface area (Å²) in [5.41, 5.74) is 4.40. The number of aliphatic hydroxyl groups excluding tert-OH is 1. The third kappa shape index (κ3) is 73.4. The Kier molecular flexibility index (Phi) is 23.8. The Balaban J connectivity index is 0. The molecule has 0 spiro atoms. The van der Waals surface area contributed by atoms with Crippen molar-refractivity contribution in [3.05, 3.63) is 0 Å². The number of nitrogens with two attached hydrogens (primary N) is 1. The number of aliphatic hydroxyl groups is 1. The molecule has 0 rings (SSSR count). The van der Waals surface area contributed by atoms with Gasteiger partial charge in [0.15, 0.2) is 0 Å². The average molecular weight is 83.5 g/mol. The summed E-state index contributed by atoms with van der Waals surface area (Å²) >= 11 is 0. The minimum absolute atomic E-state index is 0. The Labute approximate surface area is 31.0 Å². The second-order valence-corrected chi connectivity index (χ2v) is 0.183. The van der Waals surface area contributed by atoms with E-state index in [4.69, 9.17) is 5.11 Å². The first kappa shape index (κ1) is 8.88. The van der Waals surface area contributed by atoms with E-state index in [2.05, 4.69) is 5.73 Å². The van der Waals surface area contributed by atoms with Crippen LogP contribution in [0.1, 0.15) is 0 Å². The van der Waals surface area contributed by atoms with Gasteiger partial charge < -0.3 is 10.8 Å². The summed E-state index contributed by atoms with van der Waals surface area (Å²) in [4.78, 5) is 0. The molecular formula is CH6ClNO. The molecule has 28 valence electrons. The van der Waals surface area contributed by atoms with Crippen molar-refractivity contribution in [2.75, 3.05) is 6.73 Å². The molecule has 0 aliphatic rings. The quantitative estimate of drug-likeness (QED) is 0.381. The van der Waals surface area contributed by atoms with E-state index in [-0.39, 0.29) is 19.1 Å². The van der Waals surface area contributed by atoms with Crippen LogP contribution in [0.15, 0.2) is 0 Å². The van der Waals surface area contributed by atoms with Crippen LogP contribution >= 0.6 is 12.4 Å². The van der Waals surface area contributed by atoms with Gasteiger partial charge in [0.2, 0.25) is 0 Å². The van der Waals surface area contributed by atoms with Gasteiger partial charge in [0, 0.05) is 0 Å². The van der Waals surface area contributed by atoms with Crippen LogP contribution < -0.4 is 5.73 Å². The third-order valence-corrected chi connectivity index (χ3v) is 0. The molecular weight excluding hydrogens is 77.5 g/mol. The van der Waals surface area contributed by atoms with Gasteiger partial charge in [0.05, 0.1) is 6.73 Å². The van der Waals surface area contributed by atoms with Gasteiger partial charge in [0.25, 0.3) is 0 Å². The molecule has 0 bridgehead atoms. The minimum Gasteiger partial charge on any atom is -0.382 e. The van der Waals surface area contributed by atoms with Crippen molar-refractivity contribution in [3.63, 3.8) is 0 Å². The van der Waals surface area contributed by atoms with Crippen LogP contribution in [0.3, 0.4) is 0 Å². The Hall–Kier alpha value is 0.210.